The number of urea groups is 1. The van der Waals surface area contributed by atoms with Gasteiger partial charge < -0.3 is 10.5 Å². The van der Waals surface area contributed by atoms with E-state index in [-0.39, 0.29) is 0 Å². The molecular weight excluding hydrogens is 414 g/mol. The van der Waals surface area contributed by atoms with E-state index in [0.717, 1.165) is 20.1 Å². The molecule has 0 spiro atoms. The monoisotopic (exact) mass is 425 g/mol. The Morgan fingerprint density at radius 1 is 1.23 bits per heavy atom. The molecule has 2 aromatic rings. The fourth-order valence-corrected chi connectivity index (χ4v) is 2.53. The molecule has 0 saturated carbocycles. The maximum Gasteiger partial charge on any atom is 0.332 e. The van der Waals surface area contributed by atoms with E-state index in [2.05, 4.69) is 42.4 Å². The van der Waals surface area contributed by atoms with Crippen molar-refractivity contribution in [3.05, 3.63) is 62.5 Å². The van der Waals surface area contributed by atoms with Crippen molar-refractivity contribution < 1.29 is 9.53 Å². The molecule has 0 fully saturated rings. The van der Waals surface area contributed by atoms with Gasteiger partial charge in [-0.05, 0) is 35.9 Å². The van der Waals surface area contributed by atoms with E-state index in [1.165, 1.54) is 6.21 Å². The van der Waals surface area contributed by atoms with Gasteiger partial charge in [-0.25, -0.2) is 10.2 Å². The van der Waals surface area contributed by atoms with Crippen molar-refractivity contribution >= 4 is 44.1 Å². The predicted octanol–water partition coefficient (Wildman–Crippen LogP) is 3.79. The minimum atomic E-state index is -0.720. The summed E-state index contributed by atoms with van der Waals surface area (Å²) < 4.78 is 7.69. The molecule has 0 aliphatic rings. The number of benzene rings is 2. The summed E-state index contributed by atoms with van der Waals surface area (Å²) in [5.41, 5.74) is 8.88. The maximum absolute atomic E-state index is 10.6. The van der Waals surface area contributed by atoms with Gasteiger partial charge >= 0.3 is 6.03 Å². The number of hydrogen-bond donors (Lipinski definition) is 2. The number of amides is 2. The molecule has 0 aromatic heterocycles. The molecule has 0 saturated heterocycles. The number of halogens is 2. The first kappa shape index (κ1) is 16.5. The zero-order valence-electron chi connectivity index (χ0n) is 11.4. The Balaban J connectivity index is 2.12. The first-order valence-corrected chi connectivity index (χ1v) is 7.88. The summed E-state index contributed by atoms with van der Waals surface area (Å²) in [5, 5.41) is 3.75. The molecule has 2 amide bonds. The normalized spacial score (nSPS) is 10.6. The van der Waals surface area contributed by atoms with Gasteiger partial charge in [-0.1, -0.05) is 44.0 Å². The molecule has 0 radical (unpaired) electrons. The Labute approximate surface area is 144 Å². The van der Waals surface area contributed by atoms with Crippen LogP contribution in [0.15, 0.2) is 56.5 Å². The molecule has 0 atom stereocenters. The third-order valence-electron chi connectivity index (χ3n) is 2.63. The van der Waals surface area contributed by atoms with E-state index >= 15 is 0 Å². The number of rotatable bonds is 5. The lowest BCUT2D eigenvalue weighted by molar-refractivity contribution is 0.249. The van der Waals surface area contributed by atoms with Crippen molar-refractivity contribution in [2.75, 3.05) is 0 Å². The SMILES string of the molecule is NC(=O)NN=Cc1cc(Br)ccc1OCc1cccc(Br)c1. The van der Waals surface area contributed by atoms with E-state index in [1.807, 2.05) is 42.5 Å². The van der Waals surface area contributed by atoms with Crippen LogP contribution in [-0.4, -0.2) is 12.2 Å². The van der Waals surface area contributed by atoms with Crippen LogP contribution in [0.1, 0.15) is 11.1 Å². The topological polar surface area (TPSA) is 76.7 Å². The number of nitrogens with zero attached hydrogens (tertiary/aromatic N) is 1. The van der Waals surface area contributed by atoms with Gasteiger partial charge in [0.15, 0.2) is 0 Å². The second-order valence-electron chi connectivity index (χ2n) is 4.33. The Morgan fingerprint density at radius 2 is 2.00 bits per heavy atom. The van der Waals surface area contributed by atoms with Gasteiger partial charge in [0.1, 0.15) is 12.4 Å². The van der Waals surface area contributed by atoms with Crippen molar-refractivity contribution in [2.45, 2.75) is 6.61 Å². The number of carbonyl (C=O) groups excluding carboxylic acids is 1. The van der Waals surface area contributed by atoms with E-state index in [9.17, 15) is 4.79 Å². The van der Waals surface area contributed by atoms with E-state index in [0.29, 0.717) is 12.4 Å². The molecule has 0 aliphatic carbocycles. The Kier molecular flexibility index (Phi) is 5.97. The zero-order valence-corrected chi connectivity index (χ0v) is 14.6. The largest absolute Gasteiger partial charge is 0.488 e. The van der Waals surface area contributed by atoms with Crippen LogP contribution in [0.3, 0.4) is 0 Å². The molecule has 22 heavy (non-hydrogen) atoms. The van der Waals surface area contributed by atoms with Crippen LogP contribution in [0.25, 0.3) is 0 Å². The highest BCUT2D eigenvalue weighted by Crippen LogP contribution is 2.23. The van der Waals surface area contributed by atoms with Crippen molar-refractivity contribution in [1.82, 2.24) is 5.43 Å². The minimum Gasteiger partial charge on any atom is -0.488 e. The van der Waals surface area contributed by atoms with Gasteiger partial charge in [0, 0.05) is 14.5 Å². The lowest BCUT2D eigenvalue weighted by atomic mass is 10.2. The highest BCUT2D eigenvalue weighted by atomic mass is 79.9. The van der Waals surface area contributed by atoms with Crippen molar-refractivity contribution in [2.24, 2.45) is 10.8 Å². The smallest absolute Gasteiger partial charge is 0.332 e. The summed E-state index contributed by atoms with van der Waals surface area (Å²) in [6, 6.07) is 12.7. The second-order valence-corrected chi connectivity index (χ2v) is 6.17. The summed E-state index contributed by atoms with van der Waals surface area (Å²) in [6.07, 6.45) is 1.48. The average Bonchev–Trinajstić information content (AvgIpc) is 2.46. The van der Waals surface area contributed by atoms with Gasteiger partial charge in [0.25, 0.3) is 0 Å². The molecule has 3 N–H and O–H groups in total. The number of carbonyl (C=O) groups is 1. The number of hydrogen-bond acceptors (Lipinski definition) is 3. The lowest BCUT2D eigenvalue weighted by Gasteiger charge is -2.10. The van der Waals surface area contributed by atoms with E-state index in [4.69, 9.17) is 10.5 Å². The molecule has 114 valence electrons. The molecule has 2 aromatic carbocycles. The van der Waals surface area contributed by atoms with Crippen LogP contribution >= 0.6 is 31.9 Å². The fourth-order valence-electron chi connectivity index (χ4n) is 1.70. The zero-order chi connectivity index (χ0) is 15.9. The number of hydrazone groups is 1. The predicted molar refractivity (Wildman–Crippen MR) is 92.9 cm³/mol. The molecule has 0 unspecified atom stereocenters. The third-order valence-corrected chi connectivity index (χ3v) is 3.62. The van der Waals surface area contributed by atoms with Crippen molar-refractivity contribution in [1.29, 1.82) is 0 Å². The van der Waals surface area contributed by atoms with Crippen LogP contribution in [0, 0.1) is 0 Å². The average molecular weight is 427 g/mol. The minimum absolute atomic E-state index is 0.422. The molecule has 0 heterocycles. The number of nitrogens with two attached hydrogens (primary N) is 1. The van der Waals surface area contributed by atoms with Crippen molar-refractivity contribution in [3.63, 3.8) is 0 Å². The Morgan fingerprint density at radius 3 is 2.73 bits per heavy atom. The summed E-state index contributed by atoms with van der Waals surface area (Å²) in [5.74, 6) is 0.651. The van der Waals surface area contributed by atoms with Gasteiger partial charge in [-0.2, -0.15) is 5.10 Å². The fraction of sp³-hybridized carbons (Fsp3) is 0.0667. The van der Waals surface area contributed by atoms with Crippen LogP contribution in [-0.2, 0) is 6.61 Å². The van der Waals surface area contributed by atoms with Crippen LogP contribution in [0.5, 0.6) is 5.75 Å². The Hall–Kier alpha value is -1.86. The third kappa shape index (κ3) is 5.16. The summed E-state index contributed by atoms with van der Waals surface area (Å²) >= 11 is 6.81. The van der Waals surface area contributed by atoms with Gasteiger partial charge in [-0.15, -0.1) is 0 Å². The van der Waals surface area contributed by atoms with Crippen LogP contribution in [0.2, 0.25) is 0 Å². The molecule has 7 heteroatoms. The van der Waals surface area contributed by atoms with Crippen molar-refractivity contribution in [3.8, 4) is 5.75 Å². The van der Waals surface area contributed by atoms with Crippen LogP contribution < -0.4 is 15.9 Å². The summed E-state index contributed by atoms with van der Waals surface area (Å²) in [6.45, 7) is 0.422. The number of primary amides is 1. The second kappa shape index (κ2) is 7.95. The first-order chi connectivity index (χ1) is 10.5. The number of ether oxygens (including phenoxy) is 1. The first-order valence-electron chi connectivity index (χ1n) is 6.30. The molecule has 0 bridgehead atoms. The van der Waals surface area contributed by atoms with Gasteiger partial charge in [0.2, 0.25) is 0 Å². The highest BCUT2D eigenvalue weighted by Gasteiger charge is 2.04. The molecule has 2 rings (SSSR count). The van der Waals surface area contributed by atoms with E-state index < -0.39 is 6.03 Å². The maximum atomic E-state index is 10.6. The van der Waals surface area contributed by atoms with Gasteiger partial charge in [0.05, 0.1) is 6.21 Å². The van der Waals surface area contributed by atoms with Crippen LogP contribution in [0.4, 0.5) is 4.79 Å². The highest BCUT2D eigenvalue weighted by molar-refractivity contribution is 9.10. The summed E-state index contributed by atoms with van der Waals surface area (Å²) in [7, 11) is 0. The molecule has 0 aliphatic heterocycles. The number of nitrogens with one attached hydrogen (secondary N) is 1. The summed E-state index contributed by atoms with van der Waals surface area (Å²) in [4.78, 5) is 10.6. The lowest BCUT2D eigenvalue weighted by Crippen LogP contribution is -2.24. The van der Waals surface area contributed by atoms with E-state index in [1.54, 1.807) is 0 Å². The Bertz CT molecular complexity index is 705. The standard InChI is InChI=1S/C15H13Br2N3O2/c16-12-3-1-2-10(6-12)9-22-14-5-4-13(17)7-11(14)8-19-20-15(18)21/h1-8H,9H2,(H3,18,20,21). The quantitative estimate of drug-likeness (QED) is 0.563. The molecular formula is C15H13Br2N3O2. The van der Waals surface area contributed by atoms with Gasteiger partial charge in [-0.3, -0.25) is 0 Å². The molecule has 5 nitrogen and oxygen atoms in total.